The van der Waals surface area contributed by atoms with Gasteiger partial charge in [-0.15, -0.1) is 0 Å². The van der Waals surface area contributed by atoms with Crippen molar-refractivity contribution in [2.45, 2.75) is 0 Å². The van der Waals surface area contributed by atoms with Gasteiger partial charge in [0.05, 0.1) is 0 Å². The molecule has 5 radical (unpaired) electrons. The highest BCUT2D eigenvalue weighted by atomic mass is 19.2. The smallest absolute Gasteiger partial charge is 0.333 e. The van der Waals surface area contributed by atoms with Crippen LogP contribution in [0.5, 0.6) is 0 Å². The molecular weight excluding hydrogens is 749 g/mol. The van der Waals surface area contributed by atoms with Crippen LogP contribution in [0.4, 0.5) is 87.8 Å². The third-order valence-corrected chi connectivity index (χ3v) is 4.92. The molecule has 0 amide bonds. The molecule has 26 heteroatoms. The molecule has 0 spiro atoms. The molecule has 0 unspecified atom stereocenters. The average Bonchev–Trinajstić information content (AvgIpc) is 3.07. The van der Waals surface area contributed by atoms with Crippen molar-refractivity contribution in [3.05, 3.63) is 122 Å². The van der Waals surface area contributed by atoms with Gasteiger partial charge in [-0.1, -0.05) is 0 Å². The zero-order chi connectivity index (χ0) is 37.7. The second kappa shape index (κ2) is 19.1. The lowest BCUT2D eigenvalue weighted by Gasteiger charge is -2.03. The minimum absolute atomic E-state index is 0. The predicted molar refractivity (Wildman–Crippen MR) is 131 cm³/mol. The number of rotatable bonds is 1. The molecule has 0 aliphatic carbocycles. The third kappa shape index (κ3) is 9.83. The van der Waals surface area contributed by atoms with Crippen molar-refractivity contribution in [1.82, 2.24) is 0 Å². The fourth-order valence-corrected chi connectivity index (χ4v) is 2.52. The maximum Gasteiger partial charge on any atom is 0.333 e. The standard InChI is InChI=1S/C6HBF5O.2C6BF5.C6HF5.2H2O/c8-2-1(7-13)3(9)5(11)6(12)4(2)10;2*7-1-2(8)4(10)6(12)5(11)3(1)9;7-2-1-3(8)5(10)6(11)4(2)9;;/h13H;;;1H;2*1H2. The molecule has 0 aliphatic rings. The molecule has 50 heavy (non-hydrogen) atoms. The first kappa shape index (κ1) is 47.7. The Morgan fingerprint density at radius 3 is 0.720 bits per heavy atom. The van der Waals surface area contributed by atoms with Crippen LogP contribution in [0, 0.1) is 116 Å². The lowest BCUT2D eigenvalue weighted by atomic mass is 9.87. The summed E-state index contributed by atoms with van der Waals surface area (Å²) in [5, 5.41) is 8.18. The van der Waals surface area contributed by atoms with E-state index in [2.05, 4.69) is 15.7 Å². The van der Waals surface area contributed by atoms with Crippen LogP contribution in [-0.2, 0) is 0 Å². The molecule has 4 rings (SSSR count). The van der Waals surface area contributed by atoms with E-state index < -0.39 is 133 Å². The summed E-state index contributed by atoms with van der Waals surface area (Å²) in [6.45, 7) is 0. The maximum atomic E-state index is 12.5. The van der Waals surface area contributed by atoms with Gasteiger partial charge in [-0.2, -0.15) is 0 Å². The molecule has 4 aromatic rings. The molecule has 4 aromatic carbocycles. The summed E-state index contributed by atoms with van der Waals surface area (Å²) in [6, 6.07) is -0.0618. The Morgan fingerprint density at radius 2 is 0.500 bits per heavy atom. The van der Waals surface area contributed by atoms with E-state index in [1.54, 1.807) is 0 Å². The molecule has 269 valence electrons. The molecule has 0 bridgehead atoms. The van der Waals surface area contributed by atoms with E-state index >= 15 is 0 Å². The summed E-state index contributed by atoms with van der Waals surface area (Å²) in [5.74, 6) is -40.8. The molecule has 0 saturated carbocycles. The van der Waals surface area contributed by atoms with Crippen LogP contribution in [0.1, 0.15) is 0 Å². The van der Waals surface area contributed by atoms with Crippen molar-refractivity contribution in [2.24, 2.45) is 0 Å². The topological polar surface area (TPSA) is 83.2 Å². The minimum atomic E-state index is -2.25. The Morgan fingerprint density at radius 1 is 0.320 bits per heavy atom. The van der Waals surface area contributed by atoms with Gasteiger partial charge < -0.3 is 16.0 Å². The first-order valence-electron chi connectivity index (χ1n) is 11.0. The monoisotopic (exact) mass is 755 g/mol. The van der Waals surface area contributed by atoms with E-state index in [4.69, 9.17) is 5.02 Å². The van der Waals surface area contributed by atoms with E-state index in [0.717, 1.165) is 0 Å². The van der Waals surface area contributed by atoms with Crippen LogP contribution < -0.4 is 16.4 Å². The van der Waals surface area contributed by atoms with Crippen molar-refractivity contribution >= 4 is 39.6 Å². The van der Waals surface area contributed by atoms with Crippen molar-refractivity contribution in [3.8, 4) is 0 Å². The van der Waals surface area contributed by atoms with Crippen molar-refractivity contribution < 1.29 is 104 Å². The van der Waals surface area contributed by atoms with Crippen LogP contribution >= 0.6 is 0 Å². The number of hydrogen-bond acceptors (Lipinski definition) is 1. The van der Waals surface area contributed by atoms with E-state index in [0.29, 0.717) is 0 Å². The van der Waals surface area contributed by atoms with Gasteiger partial charge >= 0.3 is 7.48 Å². The van der Waals surface area contributed by atoms with Crippen LogP contribution in [-0.4, -0.2) is 39.2 Å². The van der Waals surface area contributed by atoms with Crippen LogP contribution in [0.2, 0.25) is 0 Å². The van der Waals surface area contributed by atoms with E-state index in [-0.39, 0.29) is 24.5 Å². The van der Waals surface area contributed by atoms with Gasteiger partial charge in [0, 0.05) is 11.5 Å². The Balaban J connectivity index is 0. The molecule has 0 atom stereocenters. The SMILES string of the molecule is Fc1cc(F)c(F)c(F)c1F.O.O.O[B]c1c(F)c(F)c(F)c(F)c1F.[B]c1c(F)c(F)c(F)c(F)c1F.[B]c1c(F)c(F)c(F)c(F)c1F. The van der Waals surface area contributed by atoms with Gasteiger partial charge in [-0.3, -0.25) is 0 Å². The fraction of sp³-hybridized carbons (Fsp3) is 0. The Labute approximate surface area is 266 Å². The summed E-state index contributed by atoms with van der Waals surface area (Å²) in [6.07, 6.45) is 0. The molecule has 0 fully saturated rings. The largest absolute Gasteiger partial charge is 0.450 e. The summed E-state index contributed by atoms with van der Waals surface area (Å²) < 4.78 is 244. The Bertz CT molecular complexity index is 1530. The first-order chi connectivity index (χ1) is 22.0. The van der Waals surface area contributed by atoms with Gasteiger partial charge in [0.25, 0.3) is 0 Å². The average molecular weight is 755 g/mol. The second-order valence-corrected chi connectivity index (χ2v) is 7.86. The van der Waals surface area contributed by atoms with Gasteiger partial charge in [0.15, 0.2) is 111 Å². The second-order valence-electron chi connectivity index (χ2n) is 7.86. The number of benzene rings is 4. The first-order valence-corrected chi connectivity index (χ1v) is 11.0. The fourth-order valence-electron chi connectivity index (χ4n) is 2.52. The van der Waals surface area contributed by atoms with E-state index in [1.807, 2.05) is 0 Å². The zero-order valence-electron chi connectivity index (χ0n) is 22.8. The summed E-state index contributed by atoms with van der Waals surface area (Å²) >= 11 is 0. The molecule has 0 aromatic heterocycles. The summed E-state index contributed by atoms with van der Waals surface area (Å²) in [7, 11) is 8.93. The molecule has 0 saturated heterocycles. The predicted octanol–water partition coefficient (Wildman–Crippen LogP) is 3.70. The van der Waals surface area contributed by atoms with E-state index in [9.17, 15) is 87.8 Å². The molecular formula is C24H6B3F20O3. The van der Waals surface area contributed by atoms with E-state index in [1.165, 1.54) is 0 Å². The molecule has 3 nitrogen and oxygen atoms in total. The van der Waals surface area contributed by atoms with Crippen molar-refractivity contribution in [1.29, 1.82) is 0 Å². The highest BCUT2D eigenvalue weighted by molar-refractivity contribution is 6.45. The van der Waals surface area contributed by atoms with Gasteiger partial charge in [0.1, 0.15) is 15.7 Å². The molecule has 5 N–H and O–H groups in total. The lowest BCUT2D eigenvalue weighted by Crippen LogP contribution is -2.27. The molecule has 0 aliphatic heterocycles. The summed E-state index contributed by atoms with van der Waals surface area (Å²) in [4.78, 5) is 0. The number of hydrogen-bond donors (Lipinski definition) is 1. The van der Waals surface area contributed by atoms with Crippen LogP contribution in [0.3, 0.4) is 0 Å². The number of halogens is 20. The normalized spacial score (nSPS) is 9.94. The minimum Gasteiger partial charge on any atom is -0.450 e. The zero-order valence-corrected chi connectivity index (χ0v) is 22.8. The van der Waals surface area contributed by atoms with Crippen molar-refractivity contribution in [3.63, 3.8) is 0 Å². The van der Waals surface area contributed by atoms with Gasteiger partial charge in [0.2, 0.25) is 5.82 Å². The Kier molecular flexibility index (Phi) is 18.2. The Hall–Kier alpha value is -4.45. The third-order valence-electron chi connectivity index (χ3n) is 4.92. The van der Waals surface area contributed by atoms with Crippen LogP contribution in [0.15, 0.2) is 6.07 Å². The molecule has 0 heterocycles. The highest BCUT2D eigenvalue weighted by Gasteiger charge is 2.26. The van der Waals surface area contributed by atoms with Gasteiger partial charge in [-0.05, 0) is 10.9 Å². The summed E-state index contributed by atoms with van der Waals surface area (Å²) in [5.41, 5.74) is -4.09. The lowest BCUT2D eigenvalue weighted by molar-refractivity contribution is 0.378. The maximum absolute atomic E-state index is 12.5. The highest BCUT2D eigenvalue weighted by Crippen LogP contribution is 2.18. The van der Waals surface area contributed by atoms with Crippen molar-refractivity contribution in [2.75, 3.05) is 0 Å². The van der Waals surface area contributed by atoms with Gasteiger partial charge in [-0.25, -0.2) is 87.8 Å². The quantitative estimate of drug-likeness (QED) is 0.137. The van der Waals surface area contributed by atoms with Crippen LogP contribution in [0.25, 0.3) is 0 Å².